The highest BCUT2D eigenvalue weighted by Gasteiger charge is 2.30. The summed E-state index contributed by atoms with van der Waals surface area (Å²) < 4.78 is 1.15. The van der Waals surface area contributed by atoms with Crippen LogP contribution in [0.2, 0.25) is 0 Å². The molecule has 1 aromatic carbocycles. The molecule has 19 heavy (non-hydrogen) atoms. The first-order valence-corrected chi connectivity index (χ1v) is 7.89. The van der Waals surface area contributed by atoms with Crippen LogP contribution in [0.5, 0.6) is 0 Å². The monoisotopic (exact) mass is 325 g/mol. The molecule has 2 nitrogen and oxygen atoms in total. The van der Waals surface area contributed by atoms with Gasteiger partial charge in [0.25, 0.3) is 0 Å². The quantitative estimate of drug-likeness (QED) is 0.910. The lowest BCUT2D eigenvalue weighted by Crippen LogP contribution is -2.32. The number of halogens is 1. The summed E-state index contributed by atoms with van der Waals surface area (Å²) in [7, 11) is 4.33. The highest BCUT2D eigenvalue weighted by atomic mass is 79.9. The zero-order valence-electron chi connectivity index (χ0n) is 12.1. The van der Waals surface area contributed by atoms with E-state index in [1.807, 2.05) is 0 Å². The Morgan fingerprint density at radius 3 is 2.42 bits per heavy atom. The second-order valence-corrected chi connectivity index (χ2v) is 6.89. The van der Waals surface area contributed by atoms with Gasteiger partial charge in [-0.25, -0.2) is 0 Å². The van der Waals surface area contributed by atoms with E-state index in [-0.39, 0.29) is 6.10 Å². The Hall–Kier alpha value is -0.380. The number of nitrogens with zero attached hydrogens (tertiary/aromatic N) is 1. The molecule has 0 saturated heterocycles. The maximum Gasteiger partial charge on any atom is 0.0540 e. The van der Waals surface area contributed by atoms with Crippen molar-refractivity contribution in [1.82, 2.24) is 4.90 Å². The fourth-order valence-electron chi connectivity index (χ4n) is 3.30. The minimum atomic E-state index is -0.0809. The zero-order chi connectivity index (χ0) is 14.0. The smallest absolute Gasteiger partial charge is 0.0540 e. The van der Waals surface area contributed by atoms with Gasteiger partial charge < -0.3 is 10.0 Å². The van der Waals surface area contributed by atoms with Crippen LogP contribution in [-0.4, -0.2) is 30.2 Å². The van der Waals surface area contributed by atoms with E-state index in [1.165, 1.54) is 11.1 Å². The molecule has 2 rings (SSSR count). The molecular formula is C16H24BrNO. The van der Waals surface area contributed by atoms with Gasteiger partial charge in [-0.2, -0.15) is 0 Å². The van der Waals surface area contributed by atoms with E-state index >= 15 is 0 Å². The molecule has 0 radical (unpaired) electrons. The van der Waals surface area contributed by atoms with Crippen molar-refractivity contribution in [3.63, 3.8) is 0 Å². The normalized spacial score (nSPS) is 25.6. The van der Waals surface area contributed by atoms with Gasteiger partial charge in [0.2, 0.25) is 0 Å². The van der Waals surface area contributed by atoms with Crippen molar-refractivity contribution in [2.45, 2.75) is 44.8 Å². The molecule has 0 spiro atoms. The van der Waals surface area contributed by atoms with E-state index in [4.69, 9.17) is 0 Å². The molecule has 1 aromatic rings. The maximum atomic E-state index is 9.70. The van der Waals surface area contributed by atoms with Crippen molar-refractivity contribution in [2.24, 2.45) is 5.92 Å². The first-order chi connectivity index (χ1) is 8.99. The standard InChI is InChI=1S/C16H24BrNO/c1-11-4-7-13(17)10-15(11)16(18(2)3)12-5-8-14(19)9-6-12/h4,7,10,12,14,16,19H,5-6,8-9H2,1-3H3. The van der Waals surface area contributed by atoms with Gasteiger partial charge in [0.15, 0.2) is 0 Å². The van der Waals surface area contributed by atoms with Crippen molar-refractivity contribution < 1.29 is 5.11 Å². The maximum absolute atomic E-state index is 9.70. The summed E-state index contributed by atoms with van der Waals surface area (Å²) in [5, 5.41) is 9.70. The average molecular weight is 326 g/mol. The Kier molecular flexibility index (Phi) is 5.04. The molecule has 1 aliphatic rings. The van der Waals surface area contributed by atoms with Crippen molar-refractivity contribution in [1.29, 1.82) is 0 Å². The van der Waals surface area contributed by atoms with Crippen LogP contribution in [-0.2, 0) is 0 Å². The minimum Gasteiger partial charge on any atom is -0.393 e. The Bertz CT molecular complexity index is 425. The van der Waals surface area contributed by atoms with E-state index in [1.54, 1.807) is 0 Å². The van der Waals surface area contributed by atoms with Gasteiger partial charge in [0.1, 0.15) is 0 Å². The van der Waals surface area contributed by atoms with Crippen LogP contribution < -0.4 is 0 Å². The highest BCUT2D eigenvalue weighted by Crippen LogP contribution is 2.39. The van der Waals surface area contributed by atoms with E-state index in [0.717, 1.165) is 30.2 Å². The minimum absolute atomic E-state index is 0.0809. The summed E-state index contributed by atoms with van der Waals surface area (Å²) in [6, 6.07) is 7.00. The Morgan fingerprint density at radius 1 is 1.21 bits per heavy atom. The number of hydrogen-bond donors (Lipinski definition) is 1. The largest absolute Gasteiger partial charge is 0.393 e. The molecule has 1 atom stereocenters. The number of aliphatic hydroxyl groups is 1. The van der Waals surface area contributed by atoms with E-state index in [2.05, 4.69) is 60.0 Å². The first-order valence-electron chi connectivity index (χ1n) is 7.09. The number of aliphatic hydroxyl groups excluding tert-OH is 1. The summed E-state index contributed by atoms with van der Waals surface area (Å²) in [4.78, 5) is 2.33. The van der Waals surface area contributed by atoms with Crippen LogP contribution in [0.1, 0.15) is 42.9 Å². The van der Waals surface area contributed by atoms with Crippen molar-refractivity contribution in [2.75, 3.05) is 14.1 Å². The summed E-state index contributed by atoms with van der Waals surface area (Å²) in [5.41, 5.74) is 2.77. The molecule has 1 N–H and O–H groups in total. The lowest BCUT2D eigenvalue weighted by atomic mass is 9.78. The van der Waals surface area contributed by atoms with Gasteiger partial charge in [-0.3, -0.25) is 0 Å². The first kappa shape index (κ1) is 15.0. The van der Waals surface area contributed by atoms with Crippen molar-refractivity contribution in [3.8, 4) is 0 Å². The summed E-state index contributed by atoms with van der Waals surface area (Å²) in [6.45, 7) is 2.19. The van der Waals surface area contributed by atoms with Crippen LogP contribution in [0, 0.1) is 12.8 Å². The second-order valence-electron chi connectivity index (χ2n) is 5.98. The molecule has 3 heteroatoms. The van der Waals surface area contributed by atoms with Gasteiger partial charge in [0, 0.05) is 10.5 Å². The van der Waals surface area contributed by atoms with Gasteiger partial charge in [0.05, 0.1) is 6.10 Å². The topological polar surface area (TPSA) is 23.5 Å². The molecule has 106 valence electrons. The molecule has 1 fully saturated rings. The molecule has 0 aromatic heterocycles. The van der Waals surface area contributed by atoms with Crippen LogP contribution >= 0.6 is 15.9 Å². The Labute approximate surface area is 124 Å². The number of rotatable bonds is 3. The fourth-order valence-corrected chi connectivity index (χ4v) is 3.68. The molecule has 0 heterocycles. The molecule has 1 unspecified atom stereocenters. The average Bonchev–Trinajstić information content (AvgIpc) is 2.36. The van der Waals surface area contributed by atoms with Crippen molar-refractivity contribution >= 4 is 15.9 Å². The third kappa shape index (κ3) is 3.59. The molecular weight excluding hydrogens is 302 g/mol. The Balaban J connectivity index is 2.27. The number of aryl methyl sites for hydroxylation is 1. The van der Waals surface area contributed by atoms with Crippen LogP contribution in [0.25, 0.3) is 0 Å². The summed E-state index contributed by atoms with van der Waals surface area (Å²) in [6.07, 6.45) is 4.05. The molecule has 1 saturated carbocycles. The predicted octanol–water partition coefficient (Wildman–Crippen LogP) is 3.91. The zero-order valence-corrected chi connectivity index (χ0v) is 13.7. The number of benzene rings is 1. The summed E-state index contributed by atoms with van der Waals surface area (Å²) >= 11 is 3.59. The number of hydrogen-bond acceptors (Lipinski definition) is 2. The highest BCUT2D eigenvalue weighted by molar-refractivity contribution is 9.10. The fraction of sp³-hybridized carbons (Fsp3) is 0.625. The van der Waals surface area contributed by atoms with Crippen LogP contribution in [0.4, 0.5) is 0 Å². The molecule has 1 aliphatic carbocycles. The van der Waals surface area contributed by atoms with Crippen LogP contribution in [0.15, 0.2) is 22.7 Å². The Morgan fingerprint density at radius 2 is 1.84 bits per heavy atom. The van der Waals surface area contributed by atoms with Gasteiger partial charge in [-0.05, 0) is 75.9 Å². The lowest BCUT2D eigenvalue weighted by molar-refractivity contribution is 0.0777. The van der Waals surface area contributed by atoms with Gasteiger partial charge in [-0.15, -0.1) is 0 Å². The lowest BCUT2D eigenvalue weighted by Gasteiger charge is -2.37. The third-order valence-corrected chi connectivity index (χ3v) is 4.80. The van der Waals surface area contributed by atoms with Crippen molar-refractivity contribution in [3.05, 3.63) is 33.8 Å². The molecule has 0 bridgehead atoms. The second kappa shape index (κ2) is 6.38. The van der Waals surface area contributed by atoms with E-state index < -0.39 is 0 Å². The summed E-state index contributed by atoms with van der Waals surface area (Å²) in [5.74, 6) is 0.645. The van der Waals surface area contributed by atoms with Crippen LogP contribution in [0.3, 0.4) is 0 Å². The predicted molar refractivity (Wildman–Crippen MR) is 83.3 cm³/mol. The van der Waals surface area contributed by atoms with E-state index in [9.17, 15) is 5.11 Å². The molecule has 0 amide bonds. The van der Waals surface area contributed by atoms with E-state index in [0.29, 0.717) is 12.0 Å². The molecule has 0 aliphatic heterocycles. The van der Waals surface area contributed by atoms with Gasteiger partial charge >= 0.3 is 0 Å². The SMILES string of the molecule is Cc1ccc(Br)cc1C(C1CCC(O)CC1)N(C)C. The third-order valence-electron chi connectivity index (χ3n) is 4.30. The van der Waals surface area contributed by atoms with Gasteiger partial charge in [-0.1, -0.05) is 22.0 Å².